The summed E-state index contributed by atoms with van der Waals surface area (Å²) in [6.07, 6.45) is 4.94. The molecule has 1 fully saturated rings. The van der Waals surface area contributed by atoms with Gasteiger partial charge in [-0.05, 0) is 31.0 Å². The van der Waals surface area contributed by atoms with Crippen molar-refractivity contribution in [2.45, 2.75) is 36.6 Å². The highest BCUT2D eigenvalue weighted by Gasteiger charge is 2.36. The monoisotopic (exact) mass is 440 g/mol. The van der Waals surface area contributed by atoms with Gasteiger partial charge in [0.1, 0.15) is 0 Å². The molecule has 0 bridgehead atoms. The van der Waals surface area contributed by atoms with Gasteiger partial charge in [0.05, 0.1) is 38.1 Å². The first-order valence-corrected chi connectivity index (χ1v) is 11.7. The largest absolute Gasteiger partial charge is 0.307 e. The minimum absolute atomic E-state index is 0.112. The number of benzene rings is 1. The van der Waals surface area contributed by atoms with Crippen molar-refractivity contribution in [3.8, 4) is 0 Å². The van der Waals surface area contributed by atoms with Gasteiger partial charge in [-0.25, -0.2) is 8.42 Å². The molecule has 0 spiro atoms. The van der Waals surface area contributed by atoms with Crippen molar-refractivity contribution in [1.82, 2.24) is 18.7 Å². The van der Waals surface area contributed by atoms with Crippen LogP contribution in [-0.2, 0) is 24.1 Å². The fourth-order valence-electron chi connectivity index (χ4n) is 3.85. The van der Waals surface area contributed by atoms with Crippen LogP contribution in [0.15, 0.2) is 34.1 Å². The van der Waals surface area contributed by atoms with Gasteiger partial charge in [0.15, 0.2) is 0 Å². The first-order chi connectivity index (χ1) is 13.3. The molecule has 3 aromatic rings. The lowest BCUT2D eigenvalue weighted by atomic mass is 10.1. The Morgan fingerprint density at radius 1 is 1.21 bits per heavy atom. The Balaban J connectivity index is 1.82. The van der Waals surface area contributed by atoms with E-state index in [0.29, 0.717) is 22.7 Å². The molecule has 1 aromatic carbocycles. The molecule has 10 heteroatoms. The highest BCUT2D eigenvalue weighted by atomic mass is 35.5. The van der Waals surface area contributed by atoms with E-state index in [0.717, 1.165) is 41.8 Å². The zero-order valence-electron chi connectivity index (χ0n) is 15.6. The lowest BCUT2D eigenvalue weighted by molar-refractivity contribution is 0.315. The number of sulfonamides is 1. The first-order valence-electron chi connectivity index (χ1n) is 9.09. The average molecular weight is 441 g/mol. The average Bonchev–Trinajstić information content (AvgIpc) is 3.01. The third-order valence-electron chi connectivity index (χ3n) is 5.33. The number of aryl methyl sites for hydroxylation is 2. The Morgan fingerprint density at radius 3 is 2.71 bits per heavy atom. The number of aromatic nitrogens is 3. The summed E-state index contributed by atoms with van der Waals surface area (Å²) in [5.74, 6) is 0. The van der Waals surface area contributed by atoms with Gasteiger partial charge in [0.2, 0.25) is 10.0 Å². The summed E-state index contributed by atoms with van der Waals surface area (Å²) in [7, 11) is -0.293. The van der Waals surface area contributed by atoms with Gasteiger partial charge in [-0.2, -0.15) is 9.40 Å². The molecule has 1 atom stereocenters. The maximum atomic E-state index is 13.6. The lowest BCUT2D eigenvalue weighted by Crippen LogP contribution is -2.35. The standard InChI is InChI=1S/C18H21ClN4O3S2/c1-21-14-8-7-12(10-16(14)27-18(21)24)28(25,26)23-9-5-3-4-6-15(23)17-13(19)11-20-22(17)2/h7-8,10-11,15H,3-6,9H2,1-2H3/t15-/m1/s1. The number of hydrogen-bond acceptors (Lipinski definition) is 5. The van der Waals surface area contributed by atoms with E-state index in [9.17, 15) is 13.2 Å². The topological polar surface area (TPSA) is 77.2 Å². The second-order valence-electron chi connectivity index (χ2n) is 7.04. The minimum Gasteiger partial charge on any atom is -0.302 e. The molecule has 28 heavy (non-hydrogen) atoms. The molecule has 0 N–H and O–H groups in total. The molecule has 0 radical (unpaired) electrons. The fourth-order valence-corrected chi connectivity index (χ4v) is 6.82. The zero-order valence-corrected chi connectivity index (χ0v) is 18.0. The van der Waals surface area contributed by atoms with Crippen LogP contribution in [-0.4, -0.2) is 33.6 Å². The molecule has 2 aromatic heterocycles. The molecule has 4 rings (SSSR count). The van der Waals surface area contributed by atoms with Crippen LogP contribution in [0.1, 0.15) is 37.4 Å². The summed E-state index contributed by atoms with van der Waals surface area (Å²) in [5.41, 5.74) is 1.45. The number of nitrogens with zero attached hydrogens (tertiary/aromatic N) is 4. The minimum atomic E-state index is -3.76. The molecule has 0 saturated carbocycles. The SMILES string of the molecule is Cn1ncc(Cl)c1[C@H]1CCCCCN1S(=O)(=O)c1ccc2c(c1)sc(=O)n2C. The number of thiazole rings is 1. The van der Waals surface area contributed by atoms with Crippen LogP contribution in [0.5, 0.6) is 0 Å². The van der Waals surface area contributed by atoms with Crippen molar-refractivity contribution >= 4 is 43.2 Å². The molecular weight excluding hydrogens is 420 g/mol. The molecular formula is C18H21ClN4O3S2. The van der Waals surface area contributed by atoms with Crippen LogP contribution < -0.4 is 4.87 Å². The third kappa shape index (κ3) is 3.20. The fraction of sp³-hybridized carbons (Fsp3) is 0.444. The van der Waals surface area contributed by atoms with Gasteiger partial charge in [-0.1, -0.05) is 35.8 Å². The molecule has 0 amide bonds. The second-order valence-corrected chi connectivity index (χ2v) is 10.3. The van der Waals surface area contributed by atoms with Gasteiger partial charge < -0.3 is 4.57 Å². The maximum absolute atomic E-state index is 13.6. The van der Waals surface area contributed by atoms with E-state index in [4.69, 9.17) is 11.6 Å². The van der Waals surface area contributed by atoms with Crippen molar-refractivity contribution in [3.63, 3.8) is 0 Å². The third-order valence-corrected chi connectivity index (χ3v) is 8.52. The first kappa shape index (κ1) is 19.6. The molecule has 1 saturated heterocycles. The van der Waals surface area contributed by atoms with Crippen LogP contribution in [0.2, 0.25) is 5.02 Å². The predicted molar refractivity (Wildman–Crippen MR) is 110 cm³/mol. The van der Waals surface area contributed by atoms with Crippen LogP contribution >= 0.6 is 22.9 Å². The van der Waals surface area contributed by atoms with E-state index >= 15 is 0 Å². The Bertz CT molecular complexity index is 1180. The van der Waals surface area contributed by atoms with Crippen molar-refractivity contribution in [2.24, 2.45) is 14.1 Å². The number of halogens is 1. The number of fused-ring (bicyclic) bond motifs is 1. The van der Waals surface area contributed by atoms with Gasteiger partial charge in [-0.15, -0.1) is 0 Å². The molecule has 0 unspecified atom stereocenters. The molecule has 0 aliphatic carbocycles. The van der Waals surface area contributed by atoms with E-state index in [2.05, 4.69) is 5.10 Å². The van der Waals surface area contributed by atoms with Gasteiger partial charge in [-0.3, -0.25) is 9.48 Å². The van der Waals surface area contributed by atoms with Gasteiger partial charge in [0.25, 0.3) is 0 Å². The van der Waals surface area contributed by atoms with Crippen molar-refractivity contribution in [2.75, 3.05) is 6.54 Å². The van der Waals surface area contributed by atoms with Crippen molar-refractivity contribution in [3.05, 3.63) is 44.8 Å². The van der Waals surface area contributed by atoms with E-state index in [1.165, 1.54) is 4.57 Å². The van der Waals surface area contributed by atoms with Crippen LogP contribution in [0.3, 0.4) is 0 Å². The normalized spacial score (nSPS) is 19.2. The zero-order chi connectivity index (χ0) is 20.1. The molecule has 7 nitrogen and oxygen atoms in total. The van der Waals surface area contributed by atoms with E-state index in [1.54, 1.807) is 47.5 Å². The van der Waals surface area contributed by atoms with Gasteiger partial charge in [0, 0.05) is 20.6 Å². The second kappa shape index (κ2) is 7.29. The highest BCUT2D eigenvalue weighted by molar-refractivity contribution is 7.89. The lowest BCUT2D eigenvalue weighted by Gasteiger charge is -2.29. The summed E-state index contributed by atoms with van der Waals surface area (Å²) < 4.78 is 32.6. The molecule has 3 heterocycles. The summed E-state index contributed by atoms with van der Waals surface area (Å²) in [5, 5.41) is 4.67. The Labute approximate surface area is 172 Å². The van der Waals surface area contributed by atoms with Gasteiger partial charge >= 0.3 is 4.87 Å². The van der Waals surface area contributed by atoms with Crippen LogP contribution in [0, 0.1) is 0 Å². The summed E-state index contributed by atoms with van der Waals surface area (Å²) in [4.78, 5) is 12.0. The van der Waals surface area contributed by atoms with E-state index < -0.39 is 10.0 Å². The maximum Gasteiger partial charge on any atom is 0.307 e. The molecule has 150 valence electrons. The predicted octanol–water partition coefficient (Wildman–Crippen LogP) is 3.29. The summed E-state index contributed by atoms with van der Waals surface area (Å²) >= 11 is 7.40. The smallest absolute Gasteiger partial charge is 0.302 e. The van der Waals surface area contributed by atoms with Crippen LogP contribution in [0.25, 0.3) is 10.2 Å². The summed E-state index contributed by atoms with van der Waals surface area (Å²) in [6.45, 7) is 0.428. The Kier molecular flexibility index (Phi) is 5.11. The quantitative estimate of drug-likeness (QED) is 0.626. The summed E-state index contributed by atoms with van der Waals surface area (Å²) in [6, 6.07) is 4.52. The number of rotatable bonds is 3. The Hall–Kier alpha value is -1.68. The number of hydrogen-bond donors (Lipinski definition) is 0. The van der Waals surface area contributed by atoms with Crippen LogP contribution in [0.4, 0.5) is 0 Å². The van der Waals surface area contributed by atoms with Crippen molar-refractivity contribution in [1.29, 1.82) is 0 Å². The Morgan fingerprint density at radius 2 is 2.00 bits per heavy atom. The molecule has 1 aliphatic heterocycles. The van der Waals surface area contributed by atoms with E-state index in [1.807, 2.05) is 0 Å². The molecule has 1 aliphatic rings. The van der Waals surface area contributed by atoms with E-state index in [-0.39, 0.29) is 15.8 Å². The van der Waals surface area contributed by atoms with Crippen molar-refractivity contribution < 1.29 is 8.42 Å². The highest BCUT2D eigenvalue weighted by Crippen LogP contribution is 2.37.